The van der Waals surface area contributed by atoms with E-state index in [1.165, 1.54) is 4.88 Å². The molecule has 108 valence electrons. The number of benzene rings is 1. The summed E-state index contributed by atoms with van der Waals surface area (Å²) < 4.78 is 14.2. The molecule has 0 fully saturated rings. The Bertz CT molecular complexity index is 573. The van der Waals surface area contributed by atoms with E-state index in [0.717, 1.165) is 29.2 Å². The zero-order chi connectivity index (χ0) is 14.7. The van der Waals surface area contributed by atoms with Crippen LogP contribution in [-0.4, -0.2) is 11.5 Å². The van der Waals surface area contributed by atoms with Gasteiger partial charge in [-0.25, -0.2) is 9.37 Å². The molecule has 2 nitrogen and oxygen atoms in total. The summed E-state index contributed by atoms with van der Waals surface area (Å²) in [5.74, 6) is -0.172. The molecule has 0 aliphatic carbocycles. The fourth-order valence-corrected chi connectivity index (χ4v) is 3.14. The third-order valence-corrected chi connectivity index (χ3v) is 4.49. The van der Waals surface area contributed by atoms with E-state index in [-0.39, 0.29) is 11.9 Å². The lowest BCUT2D eigenvalue weighted by atomic mass is 10.0. The number of nitrogens with zero attached hydrogens (tertiary/aromatic N) is 1. The Balaban J connectivity index is 2.43. The highest BCUT2D eigenvalue weighted by Crippen LogP contribution is 2.30. The number of nitrogens with one attached hydrogen (secondary N) is 1. The number of aromatic nitrogens is 1. The maximum Gasteiger partial charge on any atom is 0.128 e. The maximum atomic E-state index is 14.2. The quantitative estimate of drug-likeness (QED) is 0.889. The van der Waals surface area contributed by atoms with E-state index in [1.807, 2.05) is 19.9 Å². The average molecular weight is 292 g/mol. The molecule has 0 bridgehead atoms. The Morgan fingerprint density at radius 3 is 2.65 bits per heavy atom. The summed E-state index contributed by atoms with van der Waals surface area (Å²) in [6.45, 7) is 8.99. The number of aryl methyl sites for hydroxylation is 3. The maximum absolute atomic E-state index is 14.2. The van der Waals surface area contributed by atoms with E-state index in [0.29, 0.717) is 5.56 Å². The van der Waals surface area contributed by atoms with E-state index in [4.69, 9.17) is 0 Å². The smallest absolute Gasteiger partial charge is 0.128 e. The molecular formula is C16H21FN2S. The molecule has 1 heterocycles. The van der Waals surface area contributed by atoms with Gasteiger partial charge in [0, 0.05) is 10.4 Å². The molecule has 0 saturated heterocycles. The number of hydrogen-bond donors (Lipinski definition) is 1. The van der Waals surface area contributed by atoms with Crippen LogP contribution in [0.3, 0.4) is 0 Å². The Morgan fingerprint density at radius 2 is 2.05 bits per heavy atom. The summed E-state index contributed by atoms with van der Waals surface area (Å²) in [6.07, 6.45) is 1.01. The Labute approximate surface area is 124 Å². The van der Waals surface area contributed by atoms with Crippen molar-refractivity contribution >= 4 is 11.3 Å². The molecule has 1 N–H and O–H groups in total. The standard InChI is InChI=1S/C16H21FN2S/c1-5-8-18-15(16-19-11(3)12(4)20-16)13-9-10(2)6-7-14(13)17/h6-7,9,15,18H,5,8H2,1-4H3. The molecular weight excluding hydrogens is 271 g/mol. The molecule has 0 radical (unpaired) electrons. The van der Waals surface area contributed by atoms with Crippen LogP contribution in [-0.2, 0) is 0 Å². The van der Waals surface area contributed by atoms with Gasteiger partial charge in [-0.15, -0.1) is 11.3 Å². The molecule has 0 aliphatic heterocycles. The lowest BCUT2D eigenvalue weighted by molar-refractivity contribution is 0.544. The first kappa shape index (κ1) is 15.1. The number of rotatable bonds is 5. The molecule has 1 unspecified atom stereocenters. The number of hydrogen-bond acceptors (Lipinski definition) is 3. The third-order valence-electron chi connectivity index (χ3n) is 3.35. The SMILES string of the molecule is CCCNC(c1nc(C)c(C)s1)c1cc(C)ccc1F. The first-order chi connectivity index (χ1) is 9.52. The molecule has 2 aromatic rings. The van der Waals surface area contributed by atoms with Gasteiger partial charge in [-0.05, 0) is 39.8 Å². The minimum atomic E-state index is -0.172. The highest BCUT2D eigenvalue weighted by atomic mass is 32.1. The number of thiazole rings is 1. The van der Waals surface area contributed by atoms with Gasteiger partial charge in [0.2, 0.25) is 0 Å². The van der Waals surface area contributed by atoms with Crippen LogP contribution in [0.2, 0.25) is 0 Å². The predicted octanol–water partition coefficient (Wildman–Crippen LogP) is 4.30. The predicted molar refractivity (Wildman–Crippen MR) is 82.9 cm³/mol. The van der Waals surface area contributed by atoms with E-state index in [9.17, 15) is 4.39 Å². The lowest BCUT2D eigenvalue weighted by Crippen LogP contribution is -2.24. The molecule has 0 aliphatic rings. The van der Waals surface area contributed by atoms with Crippen molar-refractivity contribution in [3.05, 3.63) is 50.7 Å². The zero-order valence-electron chi connectivity index (χ0n) is 12.5. The normalized spacial score (nSPS) is 12.7. The second kappa shape index (κ2) is 6.46. The molecule has 0 amide bonds. The fourth-order valence-electron chi connectivity index (χ4n) is 2.12. The summed E-state index contributed by atoms with van der Waals surface area (Å²) in [7, 11) is 0. The van der Waals surface area contributed by atoms with E-state index in [1.54, 1.807) is 23.5 Å². The fraction of sp³-hybridized carbons (Fsp3) is 0.438. The van der Waals surface area contributed by atoms with Crippen LogP contribution < -0.4 is 5.32 Å². The summed E-state index contributed by atoms with van der Waals surface area (Å²) >= 11 is 1.64. The highest BCUT2D eigenvalue weighted by molar-refractivity contribution is 7.11. The Hall–Kier alpha value is -1.26. The second-order valence-electron chi connectivity index (χ2n) is 5.11. The Morgan fingerprint density at radius 1 is 1.30 bits per heavy atom. The first-order valence-electron chi connectivity index (χ1n) is 6.96. The topological polar surface area (TPSA) is 24.9 Å². The van der Waals surface area contributed by atoms with Crippen LogP contribution in [0.1, 0.15) is 46.1 Å². The van der Waals surface area contributed by atoms with Crippen LogP contribution in [0.5, 0.6) is 0 Å². The summed E-state index contributed by atoms with van der Waals surface area (Å²) in [4.78, 5) is 5.79. The van der Waals surface area contributed by atoms with E-state index < -0.39 is 0 Å². The van der Waals surface area contributed by atoms with Crippen molar-refractivity contribution < 1.29 is 4.39 Å². The minimum absolute atomic E-state index is 0.160. The molecule has 20 heavy (non-hydrogen) atoms. The monoisotopic (exact) mass is 292 g/mol. The molecule has 0 spiro atoms. The van der Waals surface area contributed by atoms with Crippen molar-refractivity contribution in [3.63, 3.8) is 0 Å². The van der Waals surface area contributed by atoms with Crippen LogP contribution in [0.15, 0.2) is 18.2 Å². The largest absolute Gasteiger partial charge is 0.304 e. The van der Waals surface area contributed by atoms with Crippen LogP contribution in [0, 0.1) is 26.6 Å². The molecule has 4 heteroatoms. The van der Waals surface area contributed by atoms with Gasteiger partial charge in [-0.1, -0.05) is 24.6 Å². The first-order valence-corrected chi connectivity index (χ1v) is 7.78. The Kier molecular flexibility index (Phi) is 4.89. The van der Waals surface area contributed by atoms with Crippen molar-refractivity contribution in [2.45, 2.75) is 40.2 Å². The van der Waals surface area contributed by atoms with Crippen LogP contribution >= 0.6 is 11.3 Å². The molecule has 2 rings (SSSR count). The van der Waals surface area contributed by atoms with Crippen molar-refractivity contribution in [1.82, 2.24) is 10.3 Å². The average Bonchev–Trinajstić information content (AvgIpc) is 2.74. The summed E-state index contributed by atoms with van der Waals surface area (Å²) in [5, 5.41) is 4.36. The lowest BCUT2D eigenvalue weighted by Gasteiger charge is -2.18. The van der Waals surface area contributed by atoms with Gasteiger partial charge in [0.25, 0.3) is 0 Å². The molecule has 0 saturated carbocycles. The van der Waals surface area contributed by atoms with Gasteiger partial charge in [0.15, 0.2) is 0 Å². The van der Waals surface area contributed by atoms with Gasteiger partial charge in [-0.2, -0.15) is 0 Å². The summed E-state index contributed by atoms with van der Waals surface area (Å²) in [5.41, 5.74) is 2.78. The van der Waals surface area contributed by atoms with Crippen LogP contribution in [0.4, 0.5) is 4.39 Å². The van der Waals surface area contributed by atoms with Crippen molar-refractivity contribution in [1.29, 1.82) is 0 Å². The highest BCUT2D eigenvalue weighted by Gasteiger charge is 2.21. The van der Waals surface area contributed by atoms with Gasteiger partial charge < -0.3 is 5.32 Å². The van der Waals surface area contributed by atoms with Gasteiger partial charge >= 0.3 is 0 Å². The minimum Gasteiger partial charge on any atom is -0.304 e. The van der Waals surface area contributed by atoms with E-state index in [2.05, 4.69) is 24.1 Å². The van der Waals surface area contributed by atoms with Crippen molar-refractivity contribution in [2.75, 3.05) is 6.54 Å². The van der Waals surface area contributed by atoms with Gasteiger partial charge in [0.1, 0.15) is 10.8 Å². The number of halogens is 1. The van der Waals surface area contributed by atoms with Crippen molar-refractivity contribution in [2.24, 2.45) is 0 Å². The van der Waals surface area contributed by atoms with Crippen molar-refractivity contribution in [3.8, 4) is 0 Å². The zero-order valence-corrected chi connectivity index (χ0v) is 13.3. The second-order valence-corrected chi connectivity index (χ2v) is 6.34. The molecule has 1 aromatic heterocycles. The molecule has 1 atom stereocenters. The third kappa shape index (κ3) is 3.25. The van der Waals surface area contributed by atoms with Gasteiger partial charge in [0.05, 0.1) is 11.7 Å². The van der Waals surface area contributed by atoms with Gasteiger partial charge in [-0.3, -0.25) is 0 Å². The summed E-state index contributed by atoms with van der Waals surface area (Å²) in [6, 6.07) is 5.09. The van der Waals surface area contributed by atoms with Crippen LogP contribution in [0.25, 0.3) is 0 Å². The van der Waals surface area contributed by atoms with E-state index >= 15 is 0 Å². The molecule has 1 aromatic carbocycles.